The van der Waals surface area contributed by atoms with Gasteiger partial charge >= 0.3 is 6.03 Å². The van der Waals surface area contributed by atoms with Crippen molar-refractivity contribution in [2.45, 2.75) is 25.3 Å². The molecule has 0 aliphatic carbocycles. The van der Waals surface area contributed by atoms with E-state index in [0.717, 1.165) is 25.9 Å². The van der Waals surface area contributed by atoms with Crippen molar-refractivity contribution < 1.29 is 4.79 Å². The molecule has 1 fully saturated rings. The zero-order valence-corrected chi connectivity index (χ0v) is 11.3. The molecule has 0 aromatic carbocycles. The number of allylic oxidation sites excluding steroid dienone is 1. The van der Waals surface area contributed by atoms with Crippen LogP contribution in [0.1, 0.15) is 19.3 Å². The molecular formula is C11H19Cl2N3O. The summed E-state index contributed by atoms with van der Waals surface area (Å²) in [6, 6.07) is 0.219. The molecule has 1 saturated heterocycles. The summed E-state index contributed by atoms with van der Waals surface area (Å²) < 4.78 is 0. The normalized spacial score (nSPS) is 18.3. The van der Waals surface area contributed by atoms with Gasteiger partial charge in [-0.15, -0.1) is 11.6 Å². The molecule has 1 rings (SSSR count). The SMILES string of the molecule is NC1CCN(C(=O)NCC/C=C(/Cl)CCl)CC1. The first kappa shape index (κ1) is 14.6. The van der Waals surface area contributed by atoms with E-state index < -0.39 is 0 Å². The van der Waals surface area contributed by atoms with Crippen molar-refractivity contribution in [3.63, 3.8) is 0 Å². The second-order valence-electron chi connectivity index (χ2n) is 4.13. The average molecular weight is 280 g/mol. The zero-order valence-electron chi connectivity index (χ0n) is 9.79. The van der Waals surface area contributed by atoms with Crippen molar-refractivity contribution in [2.24, 2.45) is 5.73 Å². The number of nitrogens with two attached hydrogens (primary N) is 1. The standard InChI is InChI=1S/C11H19Cl2N3O/c12-8-9(13)2-1-5-15-11(17)16-6-3-10(14)4-7-16/h2,10H,1,3-8,14H2,(H,15,17)/b9-2+. The third-order valence-electron chi connectivity index (χ3n) is 2.74. The number of piperidine rings is 1. The molecule has 1 heterocycles. The van der Waals surface area contributed by atoms with Gasteiger partial charge in [-0.25, -0.2) is 4.79 Å². The minimum atomic E-state index is -0.0210. The van der Waals surface area contributed by atoms with E-state index >= 15 is 0 Å². The number of halogens is 2. The molecule has 0 radical (unpaired) electrons. The smallest absolute Gasteiger partial charge is 0.317 e. The van der Waals surface area contributed by atoms with Crippen molar-refractivity contribution >= 4 is 29.2 Å². The third kappa shape index (κ3) is 5.61. The van der Waals surface area contributed by atoms with E-state index in [4.69, 9.17) is 28.9 Å². The third-order valence-corrected chi connectivity index (χ3v) is 3.45. The molecular weight excluding hydrogens is 261 g/mol. The summed E-state index contributed by atoms with van der Waals surface area (Å²) in [7, 11) is 0. The van der Waals surface area contributed by atoms with Crippen molar-refractivity contribution in [1.29, 1.82) is 0 Å². The quantitative estimate of drug-likeness (QED) is 0.610. The lowest BCUT2D eigenvalue weighted by Crippen LogP contribution is -2.47. The van der Waals surface area contributed by atoms with Gasteiger partial charge in [-0.1, -0.05) is 17.7 Å². The predicted molar refractivity (Wildman–Crippen MR) is 71.5 cm³/mol. The van der Waals surface area contributed by atoms with Crippen molar-refractivity contribution in [3.05, 3.63) is 11.1 Å². The lowest BCUT2D eigenvalue weighted by Gasteiger charge is -2.30. The van der Waals surface area contributed by atoms with Crippen LogP contribution in [0.3, 0.4) is 0 Å². The number of rotatable bonds is 4. The Balaban J connectivity index is 2.17. The molecule has 17 heavy (non-hydrogen) atoms. The number of carbonyl (C=O) groups excluding carboxylic acids is 1. The van der Waals surface area contributed by atoms with Crippen molar-refractivity contribution in [3.8, 4) is 0 Å². The van der Waals surface area contributed by atoms with Gasteiger partial charge in [0.25, 0.3) is 0 Å². The molecule has 0 aromatic rings. The first-order chi connectivity index (χ1) is 8.13. The highest BCUT2D eigenvalue weighted by Gasteiger charge is 2.19. The fourth-order valence-electron chi connectivity index (χ4n) is 1.68. The van der Waals surface area contributed by atoms with Gasteiger partial charge in [0.15, 0.2) is 0 Å². The van der Waals surface area contributed by atoms with Gasteiger partial charge in [0.05, 0.1) is 5.88 Å². The van der Waals surface area contributed by atoms with E-state index in [1.165, 1.54) is 0 Å². The fourth-order valence-corrected chi connectivity index (χ4v) is 1.90. The van der Waals surface area contributed by atoms with Crippen LogP contribution < -0.4 is 11.1 Å². The largest absolute Gasteiger partial charge is 0.338 e. The van der Waals surface area contributed by atoms with Crippen LogP contribution in [0.15, 0.2) is 11.1 Å². The van der Waals surface area contributed by atoms with Crippen LogP contribution in [0.2, 0.25) is 0 Å². The summed E-state index contributed by atoms with van der Waals surface area (Å²) in [6.45, 7) is 2.06. The topological polar surface area (TPSA) is 58.4 Å². The molecule has 2 amide bonds. The maximum Gasteiger partial charge on any atom is 0.317 e. The highest BCUT2D eigenvalue weighted by molar-refractivity contribution is 6.35. The van der Waals surface area contributed by atoms with Crippen LogP contribution in [-0.4, -0.2) is 42.5 Å². The molecule has 1 aliphatic heterocycles. The van der Waals surface area contributed by atoms with Gasteiger partial charge in [-0.3, -0.25) is 0 Å². The van der Waals surface area contributed by atoms with Crippen LogP contribution in [0.25, 0.3) is 0 Å². The van der Waals surface area contributed by atoms with Crippen LogP contribution >= 0.6 is 23.2 Å². The summed E-state index contributed by atoms with van der Waals surface area (Å²) in [4.78, 5) is 13.5. The van der Waals surface area contributed by atoms with E-state index in [-0.39, 0.29) is 12.1 Å². The van der Waals surface area contributed by atoms with Crippen LogP contribution in [0.5, 0.6) is 0 Å². The molecule has 0 saturated carbocycles. The molecule has 6 heteroatoms. The Morgan fingerprint density at radius 1 is 1.47 bits per heavy atom. The predicted octanol–water partition coefficient (Wildman–Crippen LogP) is 1.87. The van der Waals surface area contributed by atoms with E-state index in [2.05, 4.69) is 5.32 Å². The highest BCUT2D eigenvalue weighted by atomic mass is 35.5. The second-order valence-corrected chi connectivity index (χ2v) is 4.88. The number of likely N-dealkylation sites (tertiary alicyclic amines) is 1. The summed E-state index contributed by atoms with van der Waals surface area (Å²) in [5.41, 5.74) is 5.77. The monoisotopic (exact) mass is 279 g/mol. The molecule has 0 spiro atoms. The summed E-state index contributed by atoms with van der Waals surface area (Å²) in [5.74, 6) is 0.319. The lowest BCUT2D eigenvalue weighted by atomic mass is 10.1. The van der Waals surface area contributed by atoms with E-state index in [0.29, 0.717) is 23.9 Å². The summed E-state index contributed by atoms with van der Waals surface area (Å²) in [5, 5.41) is 3.46. The maximum atomic E-state index is 11.7. The average Bonchev–Trinajstić information content (AvgIpc) is 2.34. The van der Waals surface area contributed by atoms with E-state index in [1.54, 1.807) is 4.90 Å². The van der Waals surface area contributed by atoms with Gasteiger partial charge < -0.3 is 16.0 Å². The molecule has 0 aromatic heterocycles. The van der Waals surface area contributed by atoms with Gasteiger partial charge in [0, 0.05) is 30.7 Å². The first-order valence-electron chi connectivity index (χ1n) is 5.82. The zero-order chi connectivity index (χ0) is 12.7. The van der Waals surface area contributed by atoms with Gasteiger partial charge in [0.1, 0.15) is 0 Å². The Morgan fingerprint density at radius 2 is 2.12 bits per heavy atom. The van der Waals surface area contributed by atoms with Crippen LogP contribution in [-0.2, 0) is 0 Å². The molecule has 1 aliphatic rings. The summed E-state index contributed by atoms with van der Waals surface area (Å²) >= 11 is 11.3. The van der Waals surface area contributed by atoms with Gasteiger partial charge in [-0.05, 0) is 19.3 Å². The van der Waals surface area contributed by atoms with Crippen LogP contribution in [0, 0.1) is 0 Å². The Kier molecular flexibility index (Phi) is 6.70. The number of carbonyl (C=O) groups is 1. The highest BCUT2D eigenvalue weighted by Crippen LogP contribution is 2.08. The number of urea groups is 1. The number of nitrogens with zero attached hydrogens (tertiary/aromatic N) is 1. The van der Waals surface area contributed by atoms with Crippen molar-refractivity contribution in [1.82, 2.24) is 10.2 Å². The fraction of sp³-hybridized carbons (Fsp3) is 0.727. The van der Waals surface area contributed by atoms with Gasteiger partial charge in [-0.2, -0.15) is 0 Å². The number of hydrogen-bond acceptors (Lipinski definition) is 2. The number of hydrogen-bond donors (Lipinski definition) is 2. The minimum Gasteiger partial charge on any atom is -0.338 e. The Morgan fingerprint density at radius 3 is 2.71 bits per heavy atom. The minimum absolute atomic E-state index is 0.0210. The molecule has 0 atom stereocenters. The Hall–Kier alpha value is -0.450. The van der Waals surface area contributed by atoms with E-state index in [1.807, 2.05) is 6.08 Å². The van der Waals surface area contributed by atoms with Crippen molar-refractivity contribution in [2.75, 3.05) is 25.5 Å². The summed E-state index contributed by atoms with van der Waals surface area (Å²) in [6.07, 6.45) is 4.28. The molecule has 0 unspecified atom stereocenters. The number of nitrogens with one attached hydrogen (secondary N) is 1. The molecule has 98 valence electrons. The molecule has 4 nitrogen and oxygen atoms in total. The van der Waals surface area contributed by atoms with Gasteiger partial charge in [0.2, 0.25) is 0 Å². The second kappa shape index (κ2) is 7.80. The molecule has 0 bridgehead atoms. The first-order valence-corrected chi connectivity index (χ1v) is 6.73. The van der Waals surface area contributed by atoms with E-state index in [9.17, 15) is 4.79 Å². The van der Waals surface area contributed by atoms with Crippen LogP contribution in [0.4, 0.5) is 4.79 Å². The Bertz CT molecular complexity index is 276. The maximum absolute atomic E-state index is 11.7. The Labute approximate surface area is 112 Å². The number of alkyl halides is 1. The number of amides is 2. The lowest BCUT2D eigenvalue weighted by molar-refractivity contribution is 0.182. The molecule has 3 N–H and O–H groups in total.